The Bertz CT molecular complexity index is 1060. The van der Waals surface area contributed by atoms with Gasteiger partial charge < -0.3 is 9.47 Å². The van der Waals surface area contributed by atoms with Gasteiger partial charge in [-0.3, -0.25) is 0 Å². The highest BCUT2D eigenvalue weighted by atomic mass is 19.2. The molecule has 0 saturated heterocycles. The lowest BCUT2D eigenvalue weighted by molar-refractivity contribution is 0.0716. The molecule has 3 saturated carbocycles. The average molecular weight is 553 g/mol. The Kier molecular flexibility index (Phi) is 10.4. The smallest absolute Gasteiger partial charge is 0.204 e. The van der Waals surface area contributed by atoms with E-state index >= 15 is 0 Å². The number of benzene rings is 2. The van der Waals surface area contributed by atoms with E-state index in [1.54, 1.807) is 12.5 Å². The van der Waals surface area contributed by atoms with Crippen molar-refractivity contribution in [3.05, 3.63) is 59.2 Å². The average Bonchev–Trinajstić information content (AvgIpc) is 2.99. The van der Waals surface area contributed by atoms with Crippen LogP contribution in [-0.4, -0.2) is 13.2 Å². The number of rotatable bonds is 11. The predicted octanol–water partition coefficient (Wildman–Crippen LogP) is 10.3. The van der Waals surface area contributed by atoms with Crippen LogP contribution in [-0.2, 0) is 6.42 Å². The van der Waals surface area contributed by atoms with Crippen molar-refractivity contribution in [2.45, 2.75) is 110 Å². The van der Waals surface area contributed by atoms with Crippen molar-refractivity contribution < 1.29 is 18.3 Å². The molecule has 3 fully saturated rings. The van der Waals surface area contributed by atoms with Gasteiger partial charge in [0.1, 0.15) is 0 Å². The van der Waals surface area contributed by atoms with E-state index in [2.05, 4.69) is 31.2 Å². The van der Waals surface area contributed by atoms with Crippen molar-refractivity contribution in [3.8, 4) is 11.5 Å². The molecule has 0 radical (unpaired) electrons. The summed E-state index contributed by atoms with van der Waals surface area (Å²) in [5.74, 6) is 2.72. The van der Waals surface area contributed by atoms with Crippen LogP contribution < -0.4 is 9.47 Å². The number of hydrogen-bond donors (Lipinski definition) is 0. The molecule has 3 aliphatic rings. The standard InChI is InChI=1S/C36H50F2O2/c1-3-5-25-8-14-29(15-9-25)30-16-10-26(11-17-30)6-7-27-12-18-32-23-28(13-19-31(32)22-27)24-40-34-21-20-33(39-4-2)35(37)36(34)38/h8-9,14-15,20-21,26-28,30-32H,3-7,10-13,16-19,22-24H2,1-2H3. The van der Waals surface area contributed by atoms with Crippen LogP contribution >= 0.6 is 0 Å². The summed E-state index contributed by atoms with van der Waals surface area (Å²) in [6.07, 6.45) is 18.5. The summed E-state index contributed by atoms with van der Waals surface area (Å²) < 4.78 is 39.5. The van der Waals surface area contributed by atoms with Gasteiger partial charge in [-0.15, -0.1) is 0 Å². The molecule has 0 heterocycles. The molecule has 2 aromatic rings. The molecule has 0 spiro atoms. The molecule has 5 rings (SSSR count). The Morgan fingerprint density at radius 2 is 1.23 bits per heavy atom. The topological polar surface area (TPSA) is 18.5 Å². The van der Waals surface area contributed by atoms with Crippen LogP contribution in [0.2, 0.25) is 0 Å². The fourth-order valence-corrected chi connectivity index (χ4v) is 8.10. The van der Waals surface area contributed by atoms with E-state index in [1.807, 2.05) is 0 Å². The van der Waals surface area contributed by atoms with E-state index in [0.717, 1.165) is 36.0 Å². The van der Waals surface area contributed by atoms with Gasteiger partial charge in [-0.1, -0.05) is 56.9 Å². The van der Waals surface area contributed by atoms with E-state index in [1.165, 1.54) is 101 Å². The Hall–Kier alpha value is -2.10. The first kappa shape index (κ1) is 29.4. The molecule has 40 heavy (non-hydrogen) atoms. The van der Waals surface area contributed by atoms with Crippen LogP contribution in [0.4, 0.5) is 8.78 Å². The van der Waals surface area contributed by atoms with Crippen molar-refractivity contribution in [3.63, 3.8) is 0 Å². The molecule has 2 nitrogen and oxygen atoms in total. The Morgan fingerprint density at radius 1 is 0.650 bits per heavy atom. The van der Waals surface area contributed by atoms with Gasteiger partial charge in [-0.2, -0.15) is 8.78 Å². The number of ether oxygens (including phenoxy) is 2. The quantitative estimate of drug-likeness (QED) is 0.276. The Morgan fingerprint density at radius 3 is 1.88 bits per heavy atom. The van der Waals surface area contributed by atoms with E-state index in [9.17, 15) is 8.78 Å². The SMILES string of the molecule is CCCc1ccc(C2CCC(CCC3CCC4CC(COc5ccc(OCC)c(F)c5F)CCC4C3)CC2)cc1. The van der Waals surface area contributed by atoms with E-state index in [-0.39, 0.29) is 11.5 Å². The zero-order chi connectivity index (χ0) is 27.9. The third kappa shape index (κ3) is 7.39. The van der Waals surface area contributed by atoms with Crippen LogP contribution in [0, 0.1) is 41.2 Å². The molecule has 4 unspecified atom stereocenters. The first-order valence-electron chi connectivity index (χ1n) is 16.4. The fraction of sp³-hybridized carbons (Fsp3) is 0.667. The van der Waals surface area contributed by atoms with Crippen LogP contribution in [0.15, 0.2) is 36.4 Å². The second-order valence-electron chi connectivity index (χ2n) is 13.1. The molecular formula is C36H50F2O2. The van der Waals surface area contributed by atoms with Crippen LogP contribution in [0.5, 0.6) is 11.5 Å². The summed E-state index contributed by atoms with van der Waals surface area (Å²) in [7, 11) is 0. The van der Waals surface area contributed by atoms with Gasteiger partial charge in [0.25, 0.3) is 0 Å². The number of aryl methyl sites for hydroxylation is 1. The molecular weight excluding hydrogens is 502 g/mol. The maximum absolute atomic E-state index is 14.4. The minimum atomic E-state index is -0.952. The second-order valence-corrected chi connectivity index (χ2v) is 13.1. The van der Waals surface area contributed by atoms with Crippen molar-refractivity contribution in [1.82, 2.24) is 0 Å². The Balaban J connectivity index is 1.00. The fourth-order valence-electron chi connectivity index (χ4n) is 8.10. The summed E-state index contributed by atoms with van der Waals surface area (Å²) in [6.45, 7) is 4.79. The molecule has 3 aliphatic carbocycles. The van der Waals surface area contributed by atoms with Crippen molar-refractivity contribution in [2.24, 2.45) is 29.6 Å². The molecule has 2 aromatic carbocycles. The third-order valence-corrected chi connectivity index (χ3v) is 10.4. The zero-order valence-electron chi connectivity index (χ0n) is 24.8. The van der Waals surface area contributed by atoms with Crippen LogP contribution in [0.1, 0.15) is 114 Å². The number of halogens is 2. The molecule has 0 bridgehead atoms. The lowest BCUT2D eigenvalue weighted by Crippen LogP contribution is -2.33. The highest BCUT2D eigenvalue weighted by molar-refractivity contribution is 5.35. The van der Waals surface area contributed by atoms with Gasteiger partial charge in [0, 0.05) is 0 Å². The maximum Gasteiger partial charge on any atom is 0.204 e. The predicted molar refractivity (Wildman–Crippen MR) is 159 cm³/mol. The number of fused-ring (bicyclic) bond motifs is 1. The zero-order valence-corrected chi connectivity index (χ0v) is 24.8. The minimum absolute atomic E-state index is 0.00528. The highest BCUT2D eigenvalue weighted by Gasteiger charge is 2.36. The summed E-state index contributed by atoms with van der Waals surface area (Å²) >= 11 is 0. The highest BCUT2D eigenvalue weighted by Crippen LogP contribution is 2.47. The monoisotopic (exact) mass is 552 g/mol. The molecule has 4 heteroatoms. The molecule has 0 N–H and O–H groups in total. The normalized spacial score (nSPS) is 28.6. The second kappa shape index (κ2) is 14.2. The molecule has 4 atom stereocenters. The van der Waals surface area contributed by atoms with Gasteiger partial charge in [-0.25, -0.2) is 0 Å². The van der Waals surface area contributed by atoms with Crippen molar-refractivity contribution in [2.75, 3.05) is 13.2 Å². The molecule has 0 aliphatic heterocycles. The van der Waals surface area contributed by atoms with E-state index < -0.39 is 11.6 Å². The van der Waals surface area contributed by atoms with E-state index in [4.69, 9.17) is 9.47 Å². The van der Waals surface area contributed by atoms with Crippen LogP contribution in [0.25, 0.3) is 0 Å². The van der Waals surface area contributed by atoms with Gasteiger partial charge in [0.05, 0.1) is 13.2 Å². The lowest BCUT2D eigenvalue weighted by atomic mass is 9.64. The summed E-state index contributed by atoms with van der Waals surface area (Å²) in [5.41, 5.74) is 3.04. The number of hydrogen-bond acceptors (Lipinski definition) is 2. The molecule has 0 amide bonds. The largest absolute Gasteiger partial charge is 0.491 e. The third-order valence-electron chi connectivity index (χ3n) is 10.4. The van der Waals surface area contributed by atoms with Gasteiger partial charge in [-0.05, 0) is 130 Å². The van der Waals surface area contributed by atoms with Crippen molar-refractivity contribution >= 4 is 0 Å². The van der Waals surface area contributed by atoms with Gasteiger partial charge in [0.15, 0.2) is 11.5 Å². The van der Waals surface area contributed by atoms with Gasteiger partial charge in [0.2, 0.25) is 11.6 Å². The Labute approximate surface area is 241 Å². The summed E-state index contributed by atoms with van der Waals surface area (Å²) in [4.78, 5) is 0. The minimum Gasteiger partial charge on any atom is -0.491 e. The first-order valence-corrected chi connectivity index (χ1v) is 16.4. The van der Waals surface area contributed by atoms with E-state index in [0.29, 0.717) is 19.1 Å². The summed E-state index contributed by atoms with van der Waals surface area (Å²) in [6, 6.07) is 12.5. The van der Waals surface area contributed by atoms with Gasteiger partial charge >= 0.3 is 0 Å². The van der Waals surface area contributed by atoms with Crippen molar-refractivity contribution in [1.29, 1.82) is 0 Å². The first-order chi connectivity index (χ1) is 19.5. The molecule has 0 aromatic heterocycles. The molecule has 220 valence electrons. The lowest BCUT2D eigenvalue weighted by Gasteiger charge is -2.42. The van der Waals surface area contributed by atoms with Crippen LogP contribution in [0.3, 0.4) is 0 Å². The maximum atomic E-state index is 14.4. The summed E-state index contributed by atoms with van der Waals surface area (Å²) in [5, 5.41) is 0.